The Kier molecular flexibility index (Phi) is 13.4. The monoisotopic (exact) mass is 755 g/mol. The van der Waals surface area contributed by atoms with Crippen molar-refractivity contribution < 1.29 is 47.8 Å². The summed E-state index contributed by atoms with van der Waals surface area (Å²) in [6.45, 7) is 8.15. The zero-order valence-corrected chi connectivity index (χ0v) is 29.8. The van der Waals surface area contributed by atoms with Gasteiger partial charge in [-0.3, -0.25) is 33.6 Å². The highest BCUT2D eigenvalue weighted by Crippen LogP contribution is 2.40. The lowest BCUT2D eigenvalue weighted by atomic mass is 10.0. The van der Waals surface area contributed by atoms with Crippen molar-refractivity contribution in [2.75, 3.05) is 0 Å². The molecule has 0 fully saturated rings. The molecule has 0 aliphatic rings. The van der Waals surface area contributed by atoms with Crippen molar-refractivity contribution in [3.05, 3.63) is 57.8 Å². The number of aromatic amines is 1. The summed E-state index contributed by atoms with van der Waals surface area (Å²) in [7, 11) is 0. The average Bonchev–Trinajstić information content (AvgIpc) is 3.37. The molecule has 3 rings (SSSR count). The predicted molar refractivity (Wildman–Crippen MR) is 184 cm³/mol. The standard InChI is InChI=1S/C34H38BrN5O10/c1-16(2)9-27(38-17(3)41)33(46)40-28(10-21-11-29(48-18(4)42)31(50-20(6)44)30(12-21)49-19(5)43)34(47)39-26(32(36)45)13-22-15-37-25-14-23(35)7-8-24(22)25/h7-8,10-12,14-16,26-27,37H,9,13H2,1-6H3,(H2,36,45)(H,38,41)(H,39,47)(H,40,46)/t26-,27-/m0/s1. The second-order valence-electron chi connectivity index (χ2n) is 11.7. The van der Waals surface area contributed by atoms with E-state index in [0.29, 0.717) is 5.56 Å². The Morgan fingerprint density at radius 1 is 0.860 bits per heavy atom. The van der Waals surface area contributed by atoms with Gasteiger partial charge in [-0.05, 0) is 53.8 Å². The lowest BCUT2D eigenvalue weighted by molar-refractivity contribution is -0.135. The maximum Gasteiger partial charge on any atom is 0.308 e. The zero-order valence-electron chi connectivity index (χ0n) is 28.2. The van der Waals surface area contributed by atoms with Crippen molar-refractivity contribution in [2.24, 2.45) is 11.7 Å². The highest BCUT2D eigenvalue weighted by molar-refractivity contribution is 9.10. The first-order valence-corrected chi connectivity index (χ1v) is 16.1. The molecule has 0 radical (unpaired) electrons. The number of ether oxygens (including phenoxy) is 3. The molecule has 0 saturated heterocycles. The summed E-state index contributed by atoms with van der Waals surface area (Å²) in [5.41, 5.74) is 6.75. The molecular formula is C34H38BrN5O10. The molecule has 50 heavy (non-hydrogen) atoms. The molecule has 0 spiro atoms. The van der Waals surface area contributed by atoms with Crippen molar-refractivity contribution >= 4 is 74.4 Å². The van der Waals surface area contributed by atoms with Crippen LogP contribution in [0, 0.1) is 5.92 Å². The van der Waals surface area contributed by atoms with E-state index >= 15 is 0 Å². The average molecular weight is 757 g/mol. The number of carbonyl (C=O) groups excluding carboxylic acids is 7. The van der Waals surface area contributed by atoms with Crippen LogP contribution in [-0.2, 0) is 40.0 Å². The molecule has 16 heteroatoms. The van der Waals surface area contributed by atoms with Crippen molar-refractivity contribution in [3.8, 4) is 17.2 Å². The van der Waals surface area contributed by atoms with Gasteiger partial charge in [-0.1, -0.05) is 35.8 Å². The number of carbonyl (C=O) groups is 7. The molecule has 2 atom stereocenters. The summed E-state index contributed by atoms with van der Waals surface area (Å²) in [4.78, 5) is 90.8. The summed E-state index contributed by atoms with van der Waals surface area (Å²) in [6, 6.07) is 5.57. The first kappa shape index (κ1) is 38.9. The van der Waals surface area contributed by atoms with Crippen molar-refractivity contribution in [1.82, 2.24) is 20.9 Å². The van der Waals surface area contributed by atoms with Crippen LogP contribution < -0.4 is 35.9 Å². The molecule has 2 aromatic carbocycles. The van der Waals surface area contributed by atoms with Gasteiger partial charge < -0.3 is 40.9 Å². The minimum absolute atomic E-state index is 0.0178. The summed E-state index contributed by atoms with van der Waals surface area (Å²) in [5.74, 6) is -6.66. The van der Waals surface area contributed by atoms with E-state index < -0.39 is 65.1 Å². The van der Waals surface area contributed by atoms with E-state index in [1.807, 2.05) is 32.0 Å². The quantitative estimate of drug-likeness (QED) is 0.0919. The highest BCUT2D eigenvalue weighted by Gasteiger charge is 2.27. The van der Waals surface area contributed by atoms with Gasteiger partial charge in [0.1, 0.15) is 17.8 Å². The van der Waals surface area contributed by atoms with E-state index in [1.54, 1.807) is 6.20 Å². The molecule has 0 saturated carbocycles. The molecule has 1 aromatic heterocycles. The third-order valence-corrected chi connectivity index (χ3v) is 7.31. The van der Waals surface area contributed by atoms with Crippen LogP contribution in [0.4, 0.5) is 0 Å². The maximum absolute atomic E-state index is 13.9. The van der Waals surface area contributed by atoms with E-state index in [0.717, 1.165) is 42.2 Å². The first-order valence-electron chi connectivity index (χ1n) is 15.3. The molecule has 3 aromatic rings. The van der Waals surface area contributed by atoms with Crippen LogP contribution in [0.25, 0.3) is 17.0 Å². The Morgan fingerprint density at radius 2 is 1.46 bits per heavy atom. The fourth-order valence-electron chi connectivity index (χ4n) is 4.89. The van der Waals surface area contributed by atoms with Crippen LogP contribution in [0.15, 0.2) is 46.7 Å². The second-order valence-corrected chi connectivity index (χ2v) is 12.6. The predicted octanol–water partition coefficient (Wildman–Crippen LogP) is 2.93. The van der Waals surface area contributed by atoms with Gasteiger partial charge in [0.05, 0.1) is 0 Å². The largest absolute Gasteiger partial charge is 0.423 e. The minimum Gasteiger partial charge on any atom is -0.423 e. The lowest BCUT2D eigenvalue weighted by Gasteiger charge is -2.22. The Bertz CT molecular complexity index is 1830. The highest BCUT2D eigenvalue weighted by atomic mass is 79.9. The number of nitrogens with two attached hydrogens (primary N) is 1. The smallest absolute Gasteiger partial charge is 0.308 e. The molecule has 4 amide bonds. The molecule has 1 heterocycles. The van der Waals surface area contributed by atoms with Gasteiger partial charge >= 0.3 is 17.9 Å². The molecule has 0 bridgehead atoms. The summed E-state index contributed by atoms with van der Waals surface area (Å²) < 4.78 is 16.4. The van der Waals surface area contributed by atoms with Gasteiger partial charge in [-0.2, -0.15) is 0 Å². The van der Waals surface area contributed by atoms with E-state index in [1.165, 1.54) is 19.1 Å². The molecule has 6 N–H and O–H groups in total. The number of aromatic nitrogens is 1. The van der Waals surface area contributed by atoms with Crippen molar-refractivity contribution in [2.45, 2.75) is 66.5 Å². The van der Waals surface area contributed by atoms with Gasteiger partial charge in [0.15, 0.2) is 11.5 Å². The summed E-state index contributed by atoms with van der Waals surface area (Å²) >= 11 is 3.41. The second kappa shape index (κ2) is 17.2. The number of hydrogen-bond acceptors (Lipinski definition) is 10. The van der Waals surface area contributed by atoms with Crippen LogP contribution in [0.5, 0.6) is 17.2 Å². The number of benzene rings is 2. The minimum atomic E-state index is -1.26. The van der Waals surface area contributed by atoms with Gasteiger partial charge in [0.25, 0.3) is 5.91 Å². The number of halogens is 1. The number of hydrogen-bond donors (Lipinski definition) is 5. The maximum atomic E-state index is 13.9. The normalized spacial score (nSPS) is 12.4. The Morgan fingerprint density at radius 3 is 1.98 bits per heavy atom. The van der Waals surface area contributed by atoms with Crippen LogP contribution in [0.3, 0.4) is 0 Å². The summed E-state index contributed by atoms with van der Waals surface area (Å²) in [5, 5.41) is 8.42. The van der Waals surface area contributed by atoms with Crippen LogP contribution >= 0.6 is 15.9 Å². The van der Waals surface area contributed by atoms with Crippen molar-refractivity contribution in [1.29, 1.82) is 0 Å². The molecular weight excluding hydrogens is 718 g/mol. The molecule has 0 aliphatic heterocycles. The number of nitrogens with one attached hydrogen (secondary N) is 4. The Balaban J connectivity index is 2.14. The fourth-order valence-corrected chi connectivity index (χ4v) is 5.25. The first-order chi connectivity index (χ1) is 23.4. The molecule has 0 unspecified atom stereocenters. The van der Waals surface area contributed by atoms with Crippen LogP contribution in [0.2, 0.25) is 0 Å². The van der Waals surface area contributed by atoms with E-state index in [9.17, 15) is 33.6 Å². The number of esters is 3. The van der Waals surface area contributed by atoms with Gasteiger partial charge in [-0.15, -0.1) is 0 Å². The third kappa shape index (κ3) is 11.3. The van der Waals surface area contributed by atoms with Crippen molar-refractivity contribution in [3.63, 3.8) is 0 Å². The zero-order chi connectivity index (χ0) is 37.3. The topological polar surface area (TPSA) is 225 Å². The van der Waals surface area contributed by atoms with Crippen LogP contribution in [-0.4, -0.2) is 58.6 Å². The number of amides is 4. The van der Waals surface area contributed by atoms with Crippen LogP contribution in [0.1, 0.15) is 59.1 Å². The SMILES string of the molecule is CC(=O)N[C@@H](CC(C)C)C(=O)NC(=Cc1cc(OC(C)=O)c(OC(C)=O)c(OC(C)=O)c1)C(=O)N[C@@H](Cc1c[nH]c2cc(Br)ccc12)C(N)=O. The number of H-pyrrole nitrogens is 1. The number of primary amides is 1. The van der Waals surface area contributed by atoms with E-state index in [4.69, 9.17) is 19.9 Å². The molecule has 0 aliphatic carbocycles. The number of rotatable bonds is 14. The van der Waals surface area contributed by atoms with Gasteiger partial charge in [-0.25, -0.2) is 0 Å². The Labute approximate surface area is 295 Å². The van der Waals surface area contributed by atoms with E-state index in [2.05, 4.69) is 36.9 Å². The molecule has 266 valence electrons. The number of fused-ring (bicyclic) bond motifs is 1. The van der Waals surface area contributed by atoms with Gasteiger partial charge in [0.2, 0.25) is 23.5 Å². The lowest BCUT2D eigenvalue weighted by Crippen LogP contribution is -2.51. The third-order valence-electron chi connectivity index (χ3n) is 6.81. The van der Waals surface area contributed by atoms with Gasteiger partial charge in [0, 0.05) is 55.7 Å². The van der Waals surface area contributed by atoms with E-state index in [-0.39, 0.29) is 35.8 Å². The summed E-state index contributed by atoms with van der Waals surface area (Å²) in [6.07, 6.45) is 3.02. The Hall–Kier alpha value is -5.51. The fraction of sp³-hybridized carbons (Fsp3) is 0.324. The molecule has 15 nitrogen and oxygen atoms in total.